The van der Waals surface area contributed by atoms with Crippen molar-refractivity contribution >= 4 is 56.9 Å². The summed E-state index contributed by atoms with van der Waals surface area (Å²) in [5.74, 6) is -0.389. The molecule has 2 aromatic heterocycles. The van der Waals surface area contributed by atoms with Gasteiger partial charge in [0.05, 0.1) is 5.69 Å². The highest BCUT2D eigenvalue weighted by Crippen LogP contribution is 2.30. The van der Waals surface area contributed by atoms with Gasteiger partial charge in [-0.2, -0.15) is 0 Å². The first-order valence-electron chi connectivity index (χ1n) is 5.64. The molecule has 3 aromatic rings. The Labute approximate surface area is 137 Å². The molecule has 0 radical (unpaired) electrons. The summed E-state index contributed by atoms with van der Waals surface area (Å²) < 4.78 is 0.219. The molecule has 0 spiro atoms. The molecule has 1 aromatic carbocycles. The Hall–Kier alpha value is -1.54. The van der Waals surface area contributed by atoms with Crippen LogP contribution in [0.15, 0.2) is 29.6 Å². The van der Waals surface area contributed by atoms with E-state index in [2.05, 4.69) is 20.5 Å². The van der Waals surface area contributed by atoms with Crippen molar-refractivity contribution in [1.82, 2.24) is 15.2 Å². The Kier molecular flexibility index (Phi) is 4.16. The van der Waals surface area contributed by atoms with Crippen LogP contribution in [0.25, 0.3) is 11.3 Å². The molecule has 0 saturated heterocycles. The van der Waals surface area contributed by atoms with Gasteiger partial charge in [0.15, 0.2) is 5.13 Å². The topological polar surface area (TPSA) is 67.8 Å². The summed E-state index contributed by atoms with van der Waals surface area (Å²) in [4.78, 5) is 16.3. The lowest BCUT2D eigenvalue weighted by molar-refractivity contribution is 0.102. The van der Waals surface area contributed by atoms with Crippen molar-refractivity contribution in [2.75, 3.05) is 5.32 Å². The average molecular weight is 357 g/mol. The van der Waals surface area contributed by atoms with Crippen molar-refractivity contribution in [1.29, 1.82) is 0 Å². The van der Waals surface area contributed by atoms with Crippen LogP contribution in [0.3, 0.4) is 0 Å². The molecule has 0 unspecified atom stereocenters. The van der Waals surface area contributed by atoms with Crippen molar-refractivity contribution in [2.45, 2.75) is 0 Å². The lowest BCUT2D eigenvalue weighted by Gasteiger charge is -1.99. The zero-order chi connectivity index (χ0) is 14.8. The quantitative estimate of drug-likeness (QED) is 0.762. The normalized spacial score (nSPS) is 10.6. The van der Waals surface area contributed by atoms with Crippen LogP contribution in [-0.2, 0) is 0 Å². The standard InChI is InChI=1S/C12H6Cl2N4OS2/c13-7-4-2-1-3-6(7)8-5-20-12(15-8)16-9(19)10-17-18-11(14)21-10/h1-5H,(H,15,16,19). The largest absolute Gasteiger partial charge is 0.296 e. The minimum atomic E-state index is -0.389. The van der Waals surface area contributed by atoms with E-state index in [9.17, 15) is 4.79 Å². The van der Waals surface area contributed by atoms with E-state index >= 15 is 0 Å². The summed E-state index contributed by atoms with van der Waals surface area (Å²) in [5, 5.41) is 13.0. The van der Waals surface area contributed by atoms with Crippen LogP contribution < -0.4 is 5.32 Å². The van der Waals surface area contributed by atoms with E-state index in [1.54, 1.807) is 6.07 Å². The number of anilines is 1. The fourth-order valence-electron chi connectivity index (χ4n) is 1.57. The Morgan fingerprint density at radius 3 is 2.71 bits per heavy atom. The van der Waals surface area contributed by atoms with Crippen molar-refractivity contribution in [3.63, 3.8) is 0 Å². The van der Waals surface area contributed by atoms with Gasteiger partial charge in [-0.1, -0.05) is 41.1 Å². The summed E-state index contributed by atoms with van der Waals surface area (Å²) >= 11 is 14.1. The van der Waals surface area contributed by atoms with Crippen molar-refractivity contribution in [3.8, 4) is 11.3 Å². The molecule has 0 bridgehead atoms. The molecule has 0 aliphatic rings. The summed E-state index contributed by atoms with van der Waals surface area (Å²) in [6.07, 6.45) is 0. The smallest absolute Gasteiger partial charge is 0.288 e. The molecule has 21 heavy (non-hydrogen) atoms. The van der Waals surface area contributed by atoms with Gasteiger partial charge in [0.1, 0.15) is 0 Å². The maximum atomic E-state index is 11.9. The van der Waals surface area contributed by atoms with Crippen LogP contribution in [-0.4, -0.2) is 21.1 Å². The third-order valence-electron chi connectivity index (χ3n) is 2.47. The van der Waals surface area contributed by atoms with E-state index in [1.165, 1.54) is 11.3 Å². The monoisotopic (exact) mass is 356 g/mol. The van der Waals surface area contributed by atoms with Gasteiger partial charge in [-0.15, -0.1) is 21.5 Å². The van der Waals surface area contributed by atoms with E-state index in [1.807, 2.05) is 23.6 Å². The summed E-state index contributed by atoms with van der Waals surface area (Å²) in [5.41, 5.74) is 1.52. The molecule has 0 aliphatic heterocycles. The Balaban J connectivity index is 1.80. The molecule has 9 heteroatoms. The van der Waals surface area contributed by atoms with Crippen LogP contribution in [0.1, 0.15) is 9.80 Å². The predicted octanol–water partition coefficient (Wildman–Crippen LogP) is 4.22. The van der Waals surface area contributed by atoms with Gasteiger partial charge in [0.2, 0.25) is 9.47 Å². The van der Waals surface area contributed by atoms with Gasteiger partial charge in [-0.3, -0.25) is 10.1 Å². The SMILES string of the molecule is O=C(Nc1nc(-c2ccccc2Cl)cs1)c1nnc(Cl)s1. The van der Waals surface area contributed by atoms with Gasteiger partial charge in [-0.25, -0.2) is 4.98 Å². The third-order valence-corrected chi connectivity index (χ3v) is 4.57. The Morgan fingerprint density at radius 1 is 1.19 bits per heavy atom. The summed E-state index contributed by atoms with van der Waals surface area (Å²) in [7, 11) is 0. The fourth-order valence-corrected chi connectivity index (χ4v) is 3.23. The number of nitrogens with one attached hydrogen (secondary N) is 1. The van der Waals surface area contributed by atoms with E-state index in [0.29, 0.717) is 15.8 Å². The highest BCUT2D eigenvalue weighted by Gasteiger charge is 2.15. The average Bonchev–Trinajstić information content (AvgIpc) is 3.08. The first-order valence-corrected chi connectivity index (χ1v) is 8.09. The number of rotatable bonds is 3. The maximum Gasteiger partial charge on any atom is 0.288 e. The highest BCUT2D eigenvalue weighted by molar-refractivity contribution is 7.17. The number of hydrogen-bond donors (Lipinski definition) is 1. The molecule has 3 rings (SSSR count). The number of hydrogen-bond acceptors (Lipinski definition) is 6. The second kappa shape index (κ2) is 6.07. The predicted molar refractivity (Wildman–Crippen MR) is 85.4 cm³/mol. The number of benzene rings is 1. The van der Waals surface area contributed by atoms with Crippen LogP contribution in [0.5, 0.6) is 0 Å². The zero-order valence-electron chi connectivity index (χ0n) is 10.2. The molecule has 0 aliphatic carbocycles. The second-order valence-electron chi connectivity index (χ2n) is 3.83. The molecule has 0 saturated carbocycles. The zero-order valence-corrected chi connectivity index (χ0v) is 13.4. The summed E-state index contributed by atoms with van der Waals surface area (Å²) in [6.45, 7) is 0. The molecule has 0 fully saturated rings. The Morgan fingerprint density at radius 2 is 2.00 bits per heavy atom. The van der Waals surface area contributed by atoms with Gasteiger partial charge in [-0.05, 0) is 17.7 Å². The van der Waals surface area contributed by atoms with Crippen LogP contribution >= 0.6 is 45.9 Å². The van der Waals surface area contributed by atoms with Crippen LogP contribution in [0.4, 0.5) is 5.13 Å². The number of nitrogens with zero attached hydrogens (tertiary/aromatic N) is 3. The van der Waals surface area contributed by atoms with Crippen molar-refractivity contribution in [3.05, 3.63) is 44.1 Å². The highest BCUT2D eigenvalue weighted by atomic mass is 35.5. The second-order valence-corrected chi connectivity index (χ2v) is 6.66. The molecule has 0 atom stereocenters. The number of amides is 1. The number of halogens is 2. The third kappa shape index (κ3) is 3.21. The maximum absolute atomic E-state index is 11.9. The molecular weight excluding hydrogens is 351 g/mol. The molecule has 1 amide bonds. The molecule has 1 N–H and O–H groups in total. The van der Waals surface area contributed by atoms with Gasteiger partial charge >= 0.3 is 0 Å². The number of thiazole rings is 1. The molecular formula is C12H6Cl2N4OS2. The number of aromatic nitrogens is 3. The van der Waals surface area contributed by atoms with E-state index in [0.717, 1.165) is 16.9 Å². The molecule has 2 heterocycles. The van der Waals surface area contributed by atoms with Crippen LogP contribution in [0, 0.1) is 0 Å². The van der Waals surface area contributed by atoms with Gasteiger partial charge in [0, 0.05) is 16.0 Å². The minimum Gasteiger partial charge on any atom is -0.296 e. The fraction of sp³-hybridized carbons (Fsp3) is 0. The number of carbonyl (C=O) groups excluding carboxylic acids is 1. The number of carbonyl (C=O) groups is 1. The lowest BCUT2D eigenvalue weighted by Crippen LogP contribution is -2.11. The van der Waals surface area contributed by atoms with E-state index < -0.39 is 0 Å². The first-order chi connectivity index (χ1) is 10.1. The van der Waals surface area contributed by atoms with E-state index in [4.69, 9.17) is 23.2 Å². The summed E-state index contributed by atoms with van der Waals surface area (Å²) in [6, 6.07) is 7.38. The van der Waals surface area contributed by atoms with Gasteiger partial charge in [0.25, 0.3) is 5.91 Å². The minimum absolute atomic E-state index is 0.189. The lowest BCUT2D eigenvalue weighted by atomic mass is 10.2. The van der Waals surface area contributed by atoms with Crippen LogP contribution in [0.2, 0.25) is 9.49 Å². The van der Waals surface area contributed by atoms with Gasteiger partial charge < -0.3 is 0 Å². The Bertz CT molecular complexity index is 802. The molecule has 106 valence electrons. The van der Waals surface area contributed by atoms with Crippen molar-refractivity contribution < 1.29 is 4.79 Å². The van der Waals surface area contributed by atoms with Crippen molar-refractivity contribution in [2.24, 2.45) is 0 Å². The first kappa shape index (κ1) is 14.4. The van der Waals surface area contributed by atoms with E-state index in [-0.39, 0.29) is 15.4 Å². The molecule has 5 nitrogen and oxygen atoms in total.